The summed E-state index contributed by atoms with van der Waals surface area (Å²) in [6.07, 6.45) is 2.01. The van der Waals surface area contributed by atoms with Crippen molar-refractivity contribution in [3.05, 3.63) is 34.9 Å². The largest absolute Gasteiger partial charge is 0.478 e. The molecule has 1 aromatic carbocycles. The van der Waals surface area contributed by atoms with Crippen LogP contribution in [0, 0.1) is 5.92 Å². The van der Waals surface area contributed by atoms with Gasteiger partial charge in [-0.3, -0.25) is 0 Å². The molecule has 0 aromatic heterocycles. The summed E-state index contributed by atoms with van der Waals surface area (Å²) in [5.41, 5.74) is 2.66. The highest BCUT2D eigenvalue weighted by Gasteiger charge is 2.32. The second-order valence-electron chi connectivity index (χ2n) is 4.40. The Morgan fingerprint density at radius 1 is 1.44 bits per heavy atom. The van der Waals surface area contributed by atoms with Crippen LogP contribution in [0.25, 0.3) is 0 Å². The Morgan fingerprint density at radius 2 is 2.31 bits per heavy atom. The number of benzene rings is 1. The van der Waals surface area contributed by atoms with E-state index < -0.39 is 5.97 Å². The number of aryl methyl sites for hydroxylation is 1. The average Bonchev–Trinajstić information content (AvgIpc) is 2.76. The van der Waals surface area contributed by atoms with Gasteiger partial charge in [0.05, 0.1) is 12.1 Å². The summed E-state index contributed by atoms with van der Waals surface area (Å²) in [7, 11) is 0. The van der Waals surface area contributed by atoms with Crippen molar-refractivity contribution >= 4 is 5.97 Å². The first-order valence-electron chi connectivity index (χ1n) is 5.48. The molecule has 0 saturated heterocycles. The molecule has 1 heterocycles. The first-order chi connectivity index (χ1) is 7.75. The fourth-order valence-electron chi connectivity index (χ4n) is 2.58. The Balaban J connectivity index is 2.05. The molecule has 2 aliphatic rings. The predicted octanol–water partition coefficient (Wildman–Crippen LogP) is 2.45. The zero-order chi connectivity index (χ0) is 11.1. The number of hydrogen-bond donors (Lipinski definition) is 1. The molecule has 0 fully saturated rings. The number of nitrogens with zero attached hydrogens (tertiary/aromatic N) is 2. The zero-order valence-electron chi connectivity index (χ0n) is 8.76. The summed E-state index contributed by atoms with van der Waals surface area (Å²) in [6, 6.07) is 5.52. The van der Waals surface area contributed by atoms with Crippen molar-refractivity contribution in [3.63, 3.8) is 0 Å². The summed E-state index contributed by atoms with van der Waals surface area (Å²) in [5, 5.41) is 17.3. The predicted molar refractivity (Wildman–Crippen MR) is 57.7 cm³/mol. The Labute approximate surface area is 93.0 Å². The van der Waals surface area contributed by atoms with E-state index in [2.05, 4.69) is 10.2 Å². The van der Waals surface area contributed by atoms with Crippen LogP contribution in [-0.4, -0.2) is 17.6 Å². The van der Waals surface area contributed by atoms with E-state index in [1.165, 1.54) is 5.56 Å². The fourth-order valence-corrected chi connectivity index (χ4v) is 2.58. The van der Waals surface area contributed by atoms with Gasteiger partial charge in [0.1, 0.15) is 6.04 Å². The SMILES string of the molecule is O=C(O)c1ccc2c(c1)CCC1CN=NC21. The molecule has 82 valence electrons. The van der Waals surface area contributed by atoms with Gasteiger partial charge < -0.3 is 5.11 Å². The highest BCUT2D eigenvalue weighted by atomic mass is 16.4. The lowest BCUT2D eigenvalue weighted by molar-refractivity contribution is 0.0696. The normalized spacial score (nSPS) is 26.2. The van der Waals surface area contributed by atoms with Gasteiger partial charge in [-0.2, -0.15) is 10.2 Å². The van der Waals surface area contributed by atoms with Crippen LogP contribution in [0.1, 0.15) is 33.9 Å². The fraction of sp³-hybridized carbons (Fsp3) is 0.417. The number of rotatable bonds is 1. The monoisotopic (exact) mass is 216 g/mol. The maximum atomic E-state index is 10.9. The molecular formula is C12H12N2O2. The molecule has 2 atom stereocenters. The third-order valence-electron chi connectivity index (χ3n) is 3.46. The molecule has 3 rings (SSSR count). The molecule has 0 saturated carbocycles. The second kappa shape index (κ2) is 3.40. The van der Waals surface area contributed by atoms with E-state index >= 15 is 0 Å². The molecule has 2 unspecified atom stereocenters. The van der Waals surface area contributed by atoms with Gasteiger partial charge in [-0.15, -0.1) is 0 Å². The standard InChI is InChI=1S/C12H12N2O2/c15-12(16)8-3-4-10-7(5-8)1-2-9-6-13-14-11(9)10/h3-5,9,11H,1-2,6H2,(H,15,16). The first kappa shape index (κ1) is 9.51. The lowest BCUT2D eigenvalue weighted by Gasteiger charge is -2.25. The van der Waals surface area contributed by atoms with Crippen LogP contribution in [0.15, 0.2) is 28.4 Å². The topological polar surface area (TPSA) is 62.0 Å². The van der Waals surface area contributed by atoms with Crippen LogP contribution < -0.4 is 0 Å². The summed E-state index contributed by atoms with van der Waals surface area (Å²) < 4.78 is 0. The molecule has 1 aliphatic heterocycles. The van der Waals surface area contributed by atoms with E-state index in [4.69, 9.17) is 5.11 Å². The van der Waals surface area contributed by atoms with Crippen LogP contribution in [0.4, 0.5) is 0 Å². The third-order valence-corrected chi connectivity index (χ3v) is 3.46. The maximum Gasteiger partial charge on any atom is 0.335 e. The van der Waals surface area contributed by atoms with Gasteiger partial charge in [-0.1, -0.05) is 6.07 Å². The minimum Gasteiger partial charge on any atom is -0.478 e. The molecule has 1 aliphatic carbocycles. The van der Waals surface area contributed by atoms with E-state index in [-0.39, 0.29) is 6.04 Å². The first-order valence-corrected chi connectivity index (χ1v) is 5.48. The highest BCUT2D eigenvalue weighted by Crippen LogP contribution is 2.40. The van der Waals surface area contributed by atoms with Crippen molar-refractivity contribution in [2.75, 3.05) is 6.54 Å². The number of aromatic carboxylic acids is 1. The minimum atomic E-state index is -0.863. The zero-order valence-corrected chi connectivity index (χ0v) is 8.76. The number of hydrogen-bond acceptors (Lipinski definition) is 3. The van der Waals surface area contributed by atoms with Gasteiger partial charge in [0.15, 0.2) is 0 Å². The van der Waals surface area contributed by atoms with Crippen LogP contribution in [0.5, 0.6) is 0 Å². The molecular weight excluding hydrogens is 204 g/mol. The second-order valence-corrected chi connectivity index (χ2v) is 4.40. The van der Waals surface area contributed by atoms with E-state index in [0.717, 1.165) is 24.9 Å². The molecule has 0 bridgehead atoms. The molecule has 1 aromatic rings. The number of carbonyl (C=O) groups is 1. The van der Waals surface area contributed by atoms with Gasteiger partial charge in [0.2, 0.25) is 0 Å². The molecule has 0 amide bonds. The molecule has 0 radical (unpaired) electrons. The number of carboxylic acids is 1. The lowest BCUT2D eigenvalue weighted by atomic mass is 9.80. The van der Waals surface area contributed by atoms with E-state index in [1.54, 1.807) is 12.1 Å². The lowest BCUT2D eigenvalue weighted by Crippen LogP contribution is -2.18. The smallest absolute Gasteiger partial charge is 0.335 e. The van der Waals surface area contributed by atoms with Crippen LogP contribution in [-0.2, 0) is 6.42 Å². The van der Waals surface area contributed by atoms with E-state index in [9.17, 15) is 4.79 Å². The average molecular weight is 216 g/mol. The molecule has 4 heteroatoms. The molecule has 4 nitrogen and oxygen atoms in total. The van der Waals surface area contributed by atoms with Crippen LogP contribution >= 0.6 is 0 Å². The van der Waals surface area contributed by atoms with Crippen molar-refractivity contribution in [3.8, 4) is 0 Å². The molecule has 1 N–H and O–H groups in total. The van der Waals surface area contributed by atoms with Gasteiger partial charge in [0, 0.05) is 5.92 Å². The Morgan fingerprint density at radius 3 is 3.12 bits per heavy atom. The van der Waals surface area contributed by atoms with Gasteiger partial charge in [-0.05, 0) is 36.1 Å². The quantitative estimate of drug-likeness (QED) is 0.783. The highest BCUT2D eigenvalue weighted by molar-refractivity contribution is 5.88. The van der Waals surface area contributed by atoms with E-state index in [1.807, 2.05) is 6.07 Å². The summed E-state index contributed by atoms with van der Waals surface area (Å²) in [6.45, 7) is 0.824. The van der Waals surface area contributed by atoms with E-state index in [0.29, 0.717) is 11.5 Å². The van der Waals surface area contributed by atoms with Gasteiger partial charge in [-0.25, -0.2) is 4.79 Å². The number of fused-ring (bicyclic) bond motifs is 3. The van der Waals surface area contributed by atoms with Gasteiger partial charge >= 0.3 is 5.97 Å². The van der Waals surface area contributed by atoms with Gasteiger partial charge in [0.25, 0.3) is 0 Å². The number of azo groups is 1. The third kappa shape index (κ3) is 1.33. The van der Waals surface area contributed by atoms with Crippen molar-refractivity contribution in [2.45, 2.75) is 18.9 Å². The Hall–Kier alpha value is -1.71. The maximum absolute atomic E-state index is 10.9. The van der Waals surface area contributed by atoms with Crippen LogP contribution in [0.2, 0.25) is 0 Å². The number of carboxylic acid groups (broad SMARTS) is 1. The summed E-state index contributed by atoms with van der Waals surface area (Å²) in [4.78, 5) is 10.9. The van der Waals surface area contributed by atoms with Crippen LogP contribution in [0.3, 0.4) is 0 Å². The van der Waals surface area contributed by atoms with Crippen molar-refractivity contribution < 1.29 is 9.90 Å². The molecule has 0 spiro atoms. The van der Waals surface area contributed by atoms with Crippen molar-refractivity contribution in [2.24, 2.45) is 16.1 Å². The summed E-state index contributed by atoms with van der Waals surface area (Å²) in [5.74, 6) is -0.332. The Kier molecular flexibility index (Phi) is 2.02. The van der Waals surface area contributed by atoms with Crippen molar-refractivity contribution in [1.29, 1.82) is 0 Å². The Bertz CT molecular complexity index is 482. The minimum absolute atomic E-state index is 0.173. The van der Waals surface area contributed by atoms with Crippen molar-refractivity contribution in [1.82, 2.24) is 0 Å². The summed E-state index contributed by atoms with van der Waals surface area (Å²) >= 11 is 0. The molecule has 16 heavy (non-hydrogen) atoms.